The molecule has 0 atom stereocenters. The van der Waals surface area contributed by atoms with Crippen molar-refractivity contribution in [2.75, 3.05) is 0 Å². The lowest BCUT2D eigenvalue weighted by Crippen LogP contribution is -2.08. The Morgan fingerprint density at radius 1 is 1.10 bits per heavy atom. The van der Waals surface area contributed by atoms with Gasteiger partial charge in [0.15, 0.2) is 0 Å². The molecule has 0 saturated heterocycles. The molecular weight excluding hydrogens is 140 g/mol. The maximum absolute atomic E-state index is 7.61. The zero-order valence-corrected chi connectivity index (χ0v) is 5.49. The molecule has 1 aliphatic carbocycles. The lowest BCUT2D eigenvalue weighted by atomic mass is 10.3. The first-order valence-corrected chi connectivity index (χ1v) is 3.23. The van der Waals surface area contributed by atoms with Gasteiger partial charge in [-0.15, -0.1) is 0 Å². The second kappa shape index (κ2) is 4.59. The van der Waals surface area contributed by atoms with Crippen LogP contribution in [0.5, 0.6) is 0 Å². The first kappa shape index (κ1) is 7.90. The predicted molar refractivity (Wildman–Crippen MR) is 29.2 cm³/mol. The fourth-order valence-electron chi connectivity index (χ4n) is 1.07. The molecule has 1 saturated carbocycles. The molecule has 1 N–H and O–H groups in total. The predicted octanol–water partition coefficient (Wildman–Crippen LogP) is 1.21. The van der Waals surface area contributed by atoms with Gasteiger partial charge >= 0.3 is 0 Å². The van der Waals surface area contributed by atoms with E-state index in [2.05, 4.69) is 20.0 Å². The molecule has 0 spiro atoms. The van der Waals surface area contributed by atoms with Gasteiger partial charge in [0.1, 0.15) is 0 Å². The summed E-state index contributed by atoms with van der Waals surface area (Å²) in [4.78, 5) is 4.64. The standard InChI is InChI=1S/C5H10O5/c6-8-10-9-7-5-3-1-2-4-5/h5-6H,1-4H2. The fraction of sp³-hybridized carbons (Fsp3) is 1.00. The molecular formula is C5H10O5. The van der Waals surface area contributed by atoms with E-state index in [1.807, 2.05) is 0 Å². The quantitative estimate of drug-likeness (QED) is 0.371. The lowest BCUT2D eigenvalue weighted by Gasteiger charge is -2.04. The van der Waals surface area contributed by atoms with Crippen LogP contribution in [-0.2, 0) is 20.0 Å². The van der Waals surface area contributed by atoms with E-state index >= 15 is 0 Å². The summed E-state index contributed by atoms with van der Waals surface area (Å²) in [6, 6.07) is 0. The molecule has 1 fully saturated rings. The van der Waals surface area contributed by atoms with Crippen LogP contribution in [0.1, 0.15) is 25.7 Å². The van der Waals surface area contributed by atoms with Crippen molar-refractivity contribution in [2.24, 2.45) is 0 Å². The number of hydrogen-bond donors (Lipinski definition) is 1. The maximum atomic E-state index is 7.61. The zero-order chi connectivity index (χ0) is 7.23. The van der Waals surface area contributed by atoms with Crippen LogP contribution >= 0.6 is 0 Å². The summed E-state index contributed by atoms with van der Waals surface area (Å²) >= 11 is 0. The van der Waals surface area contributed by atoms with Gasteiger partial charge in [0, 0.05) is 0 Å². The molecule has 0 radical (unpaired) electrons. The summed E-state index contributed by atoms with van der Waals surface area (Å²) < 4.78 is 0. The van der Waals surface area contributed by atoms with Crippen LogP contribution in [0.3, 0.4) is 0 Å². The van der Waals surface area contributed by atoms with E-state index in [1.54, 1.807) is 0 Å². The second-order valence-electron chi connectivity index (χ2n) is 2.21. The zero-order valence-electron chi connectivity index (χ0n) is 5.49. The highest BCUT2D eigenvalue weighted by atomic mass is 17.8. The third kappa shape index (κ3) is 2.59. The molecule has 0 heterocycles. The normalized spacial score (nSPS) is 20.1. The molecule has 0 amide bonds. The third-order valence-corrected chi connectivity index (χ3v) is 1.54. The van der Waals surface area contributed by atoms with Crippen molar-refractivity contribution in [3.8, 4) is 0 Å². The van der Waals surface area contributed by atoms with Crippen molar-refractivity contribution in [3.05, 3.63) is 0 Å². The first-order valence-electron chi connectivity index (χ1n) is 3.23. The smallest absolute Gasteiger partial charge is 0.0962 e. The molecule has 0 aromatic rings. The Balaban J connectivity index is 1.91. The van der Waals surface area contributed by atoms with Crippen molar-refractivity contribution in [1.82, 2.24) is 0 Å². The summed E-state index contributed by atoms with van der Waals surface area (Å²) in [6.07, 6.45) is 4.31. The Morgan fingerprint density at radius 3 is 2.40 bits per heavy atom. The molecule has 10 heavy (non-hydrogen) atoms. The highest BCUT2D eigenvalue weighted by Gasteiger charge is 2.16. The molecule has 0 aliphatic heterocycles. The molecule has 5 heteroatoms. The topological polar surface area (TPSA) is 57.2 Å². The summed E-state index contributed by atoms with van der Waals surface area (Å²) in [7, 11) is 0. The summed E-state index contributed by atoms with van der Waals surface area (Å²) in [5.74, 6) is 0. The third-order valence-electron chi connectivity index (χ3n) is 1.54. The van der Waals surface area contributed by atoms with Gasteiger partial charge in [0.05, 0.1) is 6.10 Å². The van der Waals surface area contributed by atoms with Gasteiger partial charge in [-0.3, -0.25) is 0 Å². The van der Waals surface area contributed by atoms with Gasteiger partial charge in [0.2, 0.25) is 0 Å². The van der Waals surface area contributed by atoms with Gasteiger partial charge in [0.25, 0.3) is 0 Å². The van der Waals surface area contributed by atoms with Crippen molar-refractivity contribution < 1.29 is 25.3 Å². The SMILES string of the molecule is OOOOOC1CCCC1. The fourth-order valence-corrected chi connectivity index (χ4v) is 1.07. The second-order valence-corrected chi connectivity index (χ2v) is 2.21. The van der Waals surface area contributed by atoms with Crippen LogP contribution in [0.15, 0.2) is 0 Å². The summed E-state index contributed by atoms with van der Waals surface area (Å²) in [5, 5.41) is 18.4. The molecule has 0 aromatic carbocycles. The Morgan fingerprint density at radius 2 is 1.80 bits per heavy atom. The minimum Gasteiger partial charge on any atom is -0.219 e. The van der Waals surface area contributed by atoms with Crippen LogP contribution in [0.4, 0.5) is 0 Å². The van der Waals surface area contributed by atoms with Crippen molar-refractivity contribution >= 4 is 0 Å². The van der Waals surface area contributed by atoms with E-state index in [0.717, 1.165) is 25.7 Å². The summed E-state index contributed by atoms with van der Waals surface area (Å²) in [5.41, 5.74) is 0. The molecule has 1 rings (SSSR count). The van der Waals surface area contributed by atoms with E-state index in [9.17, 15) is 0 Å². The van der Waals surface area contributed by atoms with E-state index in [-0.39, 0.29) is 6.10 Å². The number of rotatable bonds is 4. The molecule has 1 aliphatic rings. The van der Waals surface area contributed by atoms with Crippen molar-refractivity contribution in [1.29, 1.82) is 0 Å². The largest absolute Gasteiger partial charge is 0.219 e. The van der Waals surface area contributed by atoms with E-state index in [0.29, 0.717) is 0 Å². The van der Waals surface area contributed by atoms with Gasteiger partial charge in [-0.1, -0.05) is 12.8 Å². The van der Waals surface area contributed by atoms with E-state index in [1.165, 1.54) is 0 Å². The Labute approximate surface area is 58.2 Å². The molecule has 60 valence electrons. The molecule has 5 nitrogen and oxygen atoms in total. The van der Waals surface area contributed by atoms with Gasteiger partial charge in [-0.05, 0) is 28.0 Å². The number of hydrogen-bond acceptors (Lipinski definition) is 5. The Bertz CT molecular complexity index is 80.1. The van der Waals surface area contributed by atoms with E-state index < -0.39 is 0 Å². The minimum absolute atomic E-state index is 0.0788. The van der Waals surface area contributed by atoms with Crippen LogP contribution < -0.4 is 0 Å². The molecule has 0 aromatic heterocycles. The van der Waals surface area contributed by atoms with Crippen LogP contribution in [0, 0.1) is 0 Å². The van der Waals surface area contributed by atoms with E-state index in [4.69, 9.17) is 5.26 Å². The minimum atomic E-state index is 0.0788. The van der Waals surface area contributed by atoms with Gasteiger partial charge in [-0.2, -0.15) is 0 Å². The van der Waals surface area contributed by atoms with Gasteiger partial charge < -0.3 is 0 Å². The molecule has 0 unspecified atom stereocenters. The first-order chi connectivity index (χ1) is 4.93. The Kier molecular flexibility index (Phi) is 3.63. The average molecular weight is 150 g/mol. The van der Waals surface area contributed by atoms with Crippen LogP contribution in [-0.4, -0.2) is 11.4 Å². The Hall–Kier alpha value is -0.200. The summed E-state index contributed by atoms with van der Waals surface area (Å²) in [6.45, 7) is 0. The van der Waals surface area contributed by atoms with Crippen molar-refractivity contribution in [2.45, 2.75) is 31.8 Å². The van der Waals surface area contributed by atoms with Gasteiger partial charge in [-0.25, -0.2) is 10.1 Å². The van der Waals surface area contributed by atoms with Crippen LogP contribution in [0.2, 0.25) is 0 Å². The van der Waals surface area contributed by atoms with Crippen molar-refractivity contribution in [3.63, 3.8) is 0 Å². The highest BCUT2D eigenvalue weighted by Crippen LogP contribution is 2.20. The average Bonchev–Trinajstić information content (AvgIpc) is 2.41. The maximum Gasteiger partial charge on any atom is 0.0962 e. The van der Waals surface area contributed by atoms with Crippen LogP contribution in [0.25, 0.3) is 0 Å². The monoisotopic (exact) mass is 150 g/mol. The lowest BCUT2D eigenvalue weighted by molar-refractivity contribution is -0.707. The molecule has 0 bridgehead atoms. The highest BCUT2D eigenvalue weighted by molar-refractivity contribution is 4.64.